The molecule has 1 aliphatic rings. The van der Waals surface area contributed by atoms with E-state index in [0.717, 1.165) is 42.6 Å². The second-order valence-corrected chi connectivity index (χ2v) is 7.98. The largest absolute Gasteiger partial charge is 0.354 e. The van der Waals surface area contributed by atoms with Gasteiger partial charge in [-0.15, -0.1) is 0 Å². The Bertz CT molecular complexity index is 661. The summed E-state index contributed by atoms with van der Waals surface area (Å²) in [7, 11) is 1.77. The molecule has 1 saturated heterocycles. The first kappa shape index (κ1) is 21.7. The fraction of sp³-hybridized carbons (Fsp3) is 0.619. The summed E-state index contributed by atoms with van der Waals surface area (Å²) in [6.07, 6.45) is 3.51. The van der Waals surface area contributed by atoms with E-state index in [2.05, 4.69) is 17.6 Å². The van der Waals surface area contributed by atoms with Crippen LogP contribution in [-0.4, -0.2) is 48.9 Å². The summed E-state index contributed by atoms with van der Waals surface area (Å²) in [4.78, 5) is 27.8. The molecule has 0 unspecified atom stereocenters. The molecule has 150 valence electrons. The third-order valence-electron chi connectivity index (χ3n) is 5.67. The van der Waals surface area contributed by atoms with Gasteiger partial charge in [-0.2, -0.15) is 0 Å². The summed E-state index contributed by atoms with van der Waals surface area (Å²) in [6.45, 7) is 8.16. The zero-order chi connectivity index (χ0) is 20.0. The van der Waals surface area contributed by atoms with E-state index in [4.69, 9.17) is 11.6 Å². The first-order valence-electron chi connectivity index (χ1n) is 9.83. The van der Waals surface area contributed by atoms with Crippen molar-refractivity contribution in [2.75, 3.05) is 26.7 Å². The number of carbonyl (C=O) groups excluding carboxylic acids is 2. The second kappa shape index (κ2) is 9.56. The quantitative estimate of drug-likeness (QED) is 0.700. The van der Waals surface area contributed by atoms with Crippen molar-refractivity contribution >= 4 is 23.4 Å². The van der Waals surface area contributed by atoms with Crippen LogP contribution in [-0.2, 0) is 16.0 Å². The van der Waals surface area contributed by atoms with Gasteiger partial charge in [0.05, 0.1) is 6.42 Å². The molecule has 0 atom stereocenters. The minimum Gasteiger partial charge on any atom is -0.354 e. The number of unbranched alkanes of at least 4 members (excludes halogenated alkanes) is 1. The Morgan fingerprint density at radius 3 is 2.37 bits per heavy atom. The van der Waals surface area contributed by atoms with Gasteiger partial charge in [0, 0.05) is 18.6 Å². The molecular weight excluding hydrogens is 362 g/mol. The van der Waals surface area contributed by atoms with E-state index < -0.39 is 5.54 Å². The van der Waals surface area contributed by atoms with Gasteiger partial charge >= 0.3 is 0 Å². The van der Waals surface area contributed by atoms with Crippen LogP contribution in [0.1, 0.15) is 49.3 Å². The highest BCUT2D eigenvalue weighted by Crippen LogP contribution is 2.28. The van der Waals surface area contributed by atoms with Crippen LogP contribution in [0, 0.1) is 13.8 Å². The lowest BCUT2D eigenvalue weighted by Gasteiger charge is -2.43. The second-order valence-electron chi connectivity index (χ2n) is 7.54. The molecular formula is C21H32ClN3O2. The summed E-state index contributed by atoms with van der Waals surface area (Å²) in [6, 6.07) is 3.77. The van der Waals surface area contributed by atoms with Crippen molar-refractivity contribution in [1.82, 2.24) is 15.5 Å². The standard InChI is InChI=1S/C21H32ClN3O2/c1-5-6-9-24-20(27)21(7-10-23-11-8-21)25(4)19(26)14-18-15(2)12-17(22)13-16(18)3/h12-13,23H,5-11,14H2,1-4H3,(H,24,27). The molecule has 0 bridgehead atoms. The monoisotopic (exact) mass is 393 g/mol. The SMILES string of the molecule is CCCCNC(=O)C1(N(C)C(=O)Cc2c(C)cc(Cl)cc2C)CCNCC1. The van der Waals surface area contributed by atoms with Crippen LogP contribution in [0.4, 0.5) is 0 Å². The van der Waals surface area contributed by atoms with Gasteiger partial charge < -0.3 is 15.5 Å². The number of nitrogens with zero attached hydrogens (tertiary/aromatic N) is 1. The molecule has 0 aliphatic carbocycles. The lowest BCUT2D eigenvalue weighted by molar-refractivity contribution is -0.147. The molecule has 1 aromatic carbocycles. The van der Waals surface area contributed by atoms with Crippen molar-refractivity contribution in [1.29, 1.82) is 0 Å². The highest BCUT2D eigenvalue weighted by molar-refractivity contribution is 6.30. The molecule has 0 saturated carbocycles. The van der Waals surface area contributed by atoms with E-state index in [1.807, 2.05) is 26.0 Å². The predicted molar refractivity (Wildman–Crippen MR) is 110 cm³/mol. The summed E-state index contributed by atoms with van der Waals surface area (Å²) < 4.78 is 0. The minimum atomic E-state index is -0.774. The van der Waals surface area contributed by atoms with Crippen molar-refractivity contribution < 1.29 is 9.59 Å². The third kappa shape index (κ3) is 5.02. The molecule has 1 fully saturated rings. The number of rotatable bonds is 7. The van der Waals surface area contributed by atoms with Gasteiger partial charge in [-0.05, 0) is 75.0 Å². The minimum absolute atomic E-state index is 0.0298. The Morgan fingerprint density at radius 1 is 1.22 bits per heavy atom. The number of halogens is 1. The normalized spacial score (nSPS) is 16.0. The number of carbonyl (C=O) groups is 2. The van der Waals surface area contributed by atoms with Gasteiger partial charge in [-0.25, -0.2) is 0 Å². The van der Waals surface area contributed by atoms with Gasteiger partial charge in [-0.1, -0.05) is 24.9 Å². The van der Waals surface area contributed by atoms with E-state index in [0.29, 0.717) is 24.4 Å². The molecule has 0 aromatic heterocycles. The number of nitrogens with one attached hydrogen (secondary N) is 2. The Kier molecular flexibility index (Phi) is 7.68. The maximum Gasteiger partial charge on any atom is 0.246 e. The van der Waals surface area contributed by atoms with Crippen LogP contribution >= 0.6 is 11.6 Å². The van der Waals surface area contributed by atoms with Crippen molar-refractivity contribution in [2.45, 2.75) is 58.4 Å². The summed E-state index contributed by atoms with van der Waals surface area (Å²) in [5.41, 5.74) is 2.23. The summed E-state index contributed by atoms with van der Waals surface area (Å²) in [5, 5.41) is 7.02. The summed E-state index contributed by atoms with van der Waals surface area (Å²) >= 11 is 6.11. The van der Waals surface area contributed by atoms with E-state index in [-0.39, 0.29) is 18.2 Å². The van der Waals surface area contributed by atoms with Crippen molar-refractivity contribution in [2.24, 2.45) is 0 Å². The lowest BCUT2D eigenvalue weighted by Crippen LogP contribution is -2.63. The van der Waals surface area contributed by atoms with Crippen LogP contribution in [0.15, 0.2) is 12.1 Å². The van der Waals surface area contributed by atoms with Gasteiger partial charge in [0.15, 0.2) is 0 Å². The number of hydrogen-bond acceptors (Lipinski definition) is 3. The van der Waals surface area contributed by atoms with Crippen LogP contribution in [0.5, 0.6) is 0 Å². The van der Waals surface area contributed by atoms with Crippen LogP contribution in [0.2, 0.25) is 5.02 Å². The first-order chi connectivity index (χ1) is 12.8. The number of piperidine rings is 1. The van der Waals surface area contributed by atoms with Crippen molar-refractivity contribution in [3.05, 3.63) is 33.8 Å². The molecule has 27 heavy (non-hydrogen) atoms. The number of aryl methyl sites for hydroxylation is 2. The molecule has 2 N–H and O–H groups in total. The van der Waals surface area contributed by atoms with Crippen LogP contribution in [0.3, 0.4) is 0 Å². The maximum atomic E-state index is 13.1. The first-order valence-corrected chi connectivity index (χ1v) is 10.2. The van der Waals surface area contributed by atoms with Crippen LogP contribution in [0.25, 0.3) is 0 Å². The van der Waals surface area contributed by atoms with Gasteiger partial charge in [0.2, 0.25) is 11.8 Å². The fourth-order valence-corrected chi connectivity index (χ4v) is 4.15. The smallest absolute Gasteiger partial charge is 0.246 e. The molecule has 1 aliphatic heterocycles. The van der Waals surface area contributed by atoms with E-state index in [9.17, 15) is 9.59 Å². The Hall–Kier alpha value is -1.59. The number of benzene rings is 1. The highest BCUT2D eigenvalue weighted by atomic mass is 35.5. The van der Waals surface area contributed by atoms with Crippen molar-refractivity contribution in [3.8, 4) is 0 Å². The number of amides is 2. The molecule has 1 heterocycles. The number of hydrogen-bond donors (Lipinski definition) is 2. The van der Waals surface area contributed by atoms with Crippen LogP contribution < -0.4 is 10.6 Å². The molecule has 1 aromatic rings. The van der Waals surface area contributed by atoms with Crippen molar-refractivity contribution in [3.63, 3.8) is 0 Å². The zero-order valence-electron chi connectivity index (χ0n) is 17.0. The fourth-order valence-electron chi connectivity index (χ4n) is 3.83. The molecule has 5 nitrogen and oxygen atoms in total. The van der Waals surface area contributed by atoms with Gasteiger partial charge in [0.1, 0.15) is 5.54 Å². The Labute approximate surface area is 167 Å². The number of likely N-dealkylation sites (N-methyl/N-ethyl adjacent to an activating group) is 1. The molecule has 2 rings (SSSR count). The Morgan fingerprint density at radius 2 is 1.81 bits per heavy atom. The van der Waals surface area contributed by atoms with E-state index in [1.54, 1.807) is 11.9 Å². The average molecular weight is 394 g/mol. The zero-order valence-corrected chi connectivity index (χ0v) is 17.7. The lowest BCUT2D eigenvalue weighted by atomic mass is 9.85. The average Bonchev–Trinajstić information content (AvgIpc) is 2.64. The van der Waals surface area contributed by atoms with E-state index in [1.165, 1.54) is 0 Å². The molecule has 0 radical (unpaired) electrons. The molecule has 6 heteroatoms. The third-order valence-corrected chi connectivity index (χ3v) is 5.89. The summed E-state index contributed by atoms with van der Waals surface area (Å²) in [5.74, 6) is -0.0612. The topological polar surface area (TPSA) is 61.4 Å². The van der Waals surface area contributed by atoms with Gasteiger partial charge in [-0.3, -0.25) is 9.59 Å². The molecule has 0 spiro atoms. The Balaban J connectivity index is 2.20. The highest BCUT2D eigenvalue weighted by Gasteiger charge is 2.45. The van der Waals surface area contributed by atoms with E-state index >= 15 is 0 Å². The molecule has 2 amide bonds. The van der Waals surface area contributed by atoms with Gasteiger partial charge in [0.25, 0.3) is 0 Å². The predicted octanol–water partition coefficient (Wildman–Crippen LogP) is 3.00. The maximum absolute atomic E-state index is 13.1.